The molecule has 1 aliphatic carbocycles. The van der Waals surface area contributed by atoms with Crippen molar-refractivity contribution in [3.8, 4) is 33.4 Å². The van der Waals surface area contributed by atoms with Crippen LogP contribution in [0.5, 0.6) is 0 Å². The fraction of sp³-hybridized carbons (Fsp3) is 0.191. The Bertz CT molecular complexity index is 2160. The van der Waals surface area contributed by atoms with Crippen molar-refractivity contribution >= 4 is 33.5 Å². The van der Waals surface area contributed by atoms with E-state index in [1.54, 1.807) is 13.8 Å². The van der Waals surface area contributed by atoms with Gasteiger partial charge in [-0.25, -0.2) is 9.59 Å². The van der Waals surface area contributed by atoms with E-state index in [9.17, 15) is 9.59 Å². The van der Waals surface area contributed by atoms with Crippen LogP contribution in [0.15, 0.2) is 146 Å². The topological polar surface area (TPSA) is 52.6 Å². The summed E-state index contributed by atoms with van der Waals surface area (Å²) < 4.78 is 11.2. The highest BCUT2D eigenvalue weighted by Crippen LogP contribution is 2.58. The molecule has 0 saturated carbocycles. The Hall–Kier alpha value is -5.74. The summed E-state index contributed by atoms with van der Waals surface area (Å²) in [5.41, 5.74) is 9.97. The molecule has 6 aromatic carbocycles. The first-order chi connectivity index (χ1) is 24.8. The number of esters is 2. The molecule has 254 valence electrons. The van der Waals surface area contributed by atoms with Gasteiger partial charge in [-0.15, -0.1) is 0 Å². The number of ether oxygens (including phenoxy) is 2. The highest BCUT2D eigenvalue weighted by molar-refractivity contribution is 6.02. The molecule has 0 aromatic heterocycles. The van der Waals surface area contributed by atoms with Gasteiger partial charge in [0.1, 0.15) is 0 Å². The third-order valence-electron chi connectivity index (χ3n) is 10.2. The molecule has 0 amide bonds. The Labute approximate surface area is 300 Å². The first-order valence-electron chi connectivity index (χ1n) is 17.7. The summed E-state index contributed by atoms with van der Waals surface area (Å²) in [5, 5.41) is 4.79. The lowest BCUT2D eigenvalue weighted by atomic mass is 9.71. The fourth-order valence-electron chi connectivity index (χ4n) is 7.77. The maximum absolute atomic E-state index is 12.4. The normalized spacial score (nSPS) is 12.7. The minimum absolute atomic E-state index is 0.289. The second kappa shape index (κ2) is 14.2. The van der Waals surface area contributed by atoms with Crippen LogP contribution in [-0.4, -0.2) is 25.2 Å². The first-order valence-corrected chi connectivity index (χ1v) is 17.7. The van der Waals surface area contributed by atoms with Crippen LogP contribution >= 0.6 is 0 Å². The predicted octanol–water partition coefficient (Wildman–Crippen LogP) is 11.4. The second-order valence-electron chi connectivity index (χ2n) is 13.7. The Balaban J connectivity index is 1.42. The number of benzene rings is 6. The minimum Gasteiger partial charge on any atom is -0.462 e. The molecule has 0 N–H and O–H groups in total. The predicted molar refractivity (Wildman–Crippen MR) is 209 cm³/mol. The highest BCUT2D eigenvalue weighted by atomic mass is 16.5. The molecule has 6 aromatic rings. The SMILES string of the molecule is C=C(C)C(=O)OCCCC1(CCCOC(=O)C(=C)C)c2cccc(-c3ccc4ccccc4c3)c2-c2c(-c3ccc4ccccc4c3)cccc21. The summed E-state index contributed by atoms with van der Waals surface area (Å²) in [5.74, 6) is -0.750. The molecule has 4 heteroatoms. The molecule has 0 atom stereocenters. The van der Waals surface area contributed by atoms with Crippen LogP contribution in [0.1, 0.15) is 50.7 Å². The van der Waals surface area contributed by atoms with Crippen LogP contribution in [-0.2, 0) is 24.5 Å². The lowest BCUT2D eigenvalue weighted by Gasteiger charge is -2.33. The van der Waals surface area contributed by atoms with E-state index in [-0.39, 0.29) is 25.2 Å². The van der Waals surface area contributed by atoms with Gasteiger partial charge in [-0.3, -0.25) is 0 Å². The minimum atomic E-state index is -0.421. The molecule has 0 bridgehead atoms. The van der Waals surface area contributed by atoms with Gasteiger partial charge in [0.25, 0.3) is 0 Å². The van der Waals surface area contributed by atoms with Crippen molar-refractivity contribution in [2.75, 3.05) is 13.2 Å². The van der Waals surface area contributed by atoms with Gasteiger partial charge < -0.3 is 9.47 Å². The molecule has 0 heterocycles. The Morgan fingerprint density at radius 3 is 1.35 bits per heavy atom. The van der Waals surface area contributed by atoms with Gasteiger partial charge in [0.05, 0.1) is 13.2 Å². The molecular formula is C47H42O4. The van der Waals surface area contributed by atoms with Crippen molar-refractivity contribution in [1.29, 1.82) is 0 Å². The fourth-order valence-corrected chi connectivity index (χ4v) is 7.77. The van der Waals surface area contributed by atoms with Crippen molar-refractivity contribution in [1.82, 2.24) is 0 Å². The zero-order valence-electron chi connectivity index (χ0n) is 29.3. The van der Waals surface area contributed by atoms with Gasteiger partial charge in [-0.1, -0.05) is 122 Å². The summed E-state index contributed by atoms with van der Waals surface area (Å²) >= 11 is 0. The van der Waals surface area contributed by atoms with Crippen molar-refractivity contribution in [3.05, 3.63) is 157 Å². The summed E-state index contributed by atoms with van der Waals surface area (Å²) in [6.45, 7) is 11.4. The highest BCUT2D eigenvalue weighted by Gasteiger charge is 2.44. The molecule has 1 aliphatic rings. The molecule has 7 rings (SSSR count). The maximum atomic E-state index is 12.4. The van der Waals surface area contributed by atoms with Crippen LogP contribution in [0.4, 0.5) is 0 Å². The molecule has 0 fully saturated rings. The lowest BCUT2D eigenvalue weighted by molar-refractivity contribution is -0.139. The Morgan fingerprint density at radius 1 is 0.529 bits per heavy atom. The van der Waals surface area contributed by atoms with E-state index in [1.807, 2.05) is 0 Å². The van der Waals surface area contributed by atoms with Crippen molar-refractivity contribution in [2.24, 2.45) is 0 Å². The zero-order chi connectivity index (χ0) is 35.5. The summed E-state index contributed by atoms with van der Waals surface area (Å²) in [7, 11) is 0. The second-order valence-corrected chi connectivity index (χ2v) is 13.7. The van der Waals surface area contributed by atoms with Crippen LogP contribution in [0.25, 0.3) is 54.9 Å². The maximum Gasteiger partial charge on any atom is 0.333 e. The third-order valence-corrected chi connectivity index (χ3v) is 10.2. The van der Waals surface area contributed by atoms with E-state index in [2.05, 4.69) is 134 Å². The van der Waals surface area contributed by atoms with Gasteiger partial charge in [0, 0.05) is 16.6 Å². The summed E-state index contributed by atoms with van der Waals surface area (Å²) in [6.07, 6.45) is 2.80. The average molecular weight is 671 g/mol. The van der Waals surface area contributed by atoms with Gasteiger partial charge in [0.2, 0.25) is 0 Å². The van der Waals surface area contributed by atoms with E-state index in [1.165, 1.54) is 54.9 Å². The largest absolute Gasteiger partial charge is 0.462 e. The number of carbonyl (C=O) groups is 2. The van der Waals surface area contributed by atoms with Gasteiger partial charge >= 0.3 is 11.9 Å². The number of rotatable bonds is 12. The first kappa shape index (κ1) is 33.7. The molecule has 0 aliphatic heterocycles. The van der Waals surface area contributed by atoms with Gasteiger partial charge in [-0.2, -0.15) is 0 Å². The number of hydrogen-bond donors (Lipinski definition) is 0. The number of fused-ring (bicyclic) bond motifs is 5. The average Bonchev–Trinajstić information content (AvgIpc) is 3.44. The van der Waals surface area contributed by atoms with Crippen molar-refractivity contribution in [3.63, 3.8) is 0 Å². The molecule has 0 saturated heterocycles. The Kier molecular flexibility index (Phi) is 9.42. The summed E-state index contributed by atoms with van der Waals surface area (Å²) in [4.78, 5) is 24.7. The molecular weight excluding hydrogens is 629 g/mol. The summed E-state index contributed by atoms with van der Waals surface area (Å²) in [6, 6.07) is 43.7. The number of hydrogen-bond acceptors (Lipinski definition) is 4. The van der Waals surface area contributed by atoms with Crippen LogP contribution < -0.4 is 0 Å². The number of carbonyl (C=O) groups excluding carboxylic acids is 2. The van der Waals surface area contributed by atoms with E-state index < -0.39 is 5.41 Å². The molecule has 0 spiro atoms. The molecule has 4 nitrogen and oxygen atoms in total. The van der Waals surface area contributed by atoms with E-state index in [0.717, 1.165) is 24.0 Å². The quantitative estimate of drug-likeness (QED) is 0.0739. The standard InChI is InChI=1S/C47H42O4/c1-31(2)45(48)50-27-11-25-47(26-12-28-51-46(49)32(3)4)41-19-9-17-39(37-23-21-33-13-5-7-15-35(33)29-37)43(41)44-40(18-10-20-42(44)47)38-24-22-34-14-6-8-16-36(34)30-38/h5-10,13-24,29-30H,1,3,11-12,25-28H2,2,4H3. The van der Waals surface area contributed by atoms with Gasteiger partial charge in [0.15, 0.2) is 0 Å². The van der Waals surface area contributed by atoms with Crippen LogP contribution in [0, 0.1) is 0 Å². The zero-order valence-corrected chi connectivity index (χ0v) is 29.3. The molecule has 0 radical (unpaired) electrons. The molecule has 0 unspecified atom stereocenters. The Morgan fingerprint density at radius 2 is 0.941 bits per heavy atom. The third kappa shape index (κ3) is 6.50. The van der Waals surface area contributed by atoms with E-state index in [4.69, 9.17) is 9.47 Å². The van der Waals surface area contributed by atoms with E-state index in [0.29, 0.717) is 24.0 Å². The monoisotopic (exact) mass is 670 g/mol. The lowest BCUT2D eigenvalue weighted by Crippen LogP contribution is -2.27. The van der Waals surface area contributed by atoms with Crippen molar-refractivity contribution < 1.29 is 19.1 Å². The van der Waals surface area contributed by atoms with Crippen molar-refractivity contribution in [2.45, 2.75) is 44.9 Å². The smallest absolute Gasteiger partial charge is 0.333 e. The van der Waals surface area contributed by atoms with Gasteiger partial charge in [-0.05, 0) is 118 Å². The molecule has 51 heavy (non-hydrogen) atoms. The van der Waals surface area contributed by atoms with E-state index >= 15 is 0 Å². The van der Waals surface area contributed by atoms with Crippen LogP contribution in [0.2, 0.25) is 0 Å². The van der Waals surface area contributed by atoms with Crippen LogP contribution in [0.3, 0.4) is 0 Å².